The maximum absolute atomic E-state index is 11.1. The number of hydrogen-bond acceptors (Lipinski definition) is 6. The lowest BCUT2D eigenvalue weighted by molar-refractivity contribution is 0.276. The predicted octanol–water partition coefficient (Wildman–Crippen LogP) is -0.817. The third kappa shape index (κ3) is 6.08. The van der Waals surface area contributed by atoms with E-state index in [0.717, 1.165) is 5.69 Å². The molecule has 0 aliphatic heterocycles. The van der Waals surface area contributed by atoms with E-state index in [-0.39, 0.29) is 18.4 Å². The molecular formula is C10H20N4O3S. The van der Waals surface area contributed by atoms with Gasteiger partial charge in [0.1, 0.15) is 9.84 Å². The Bertz CT molecular complexity index is 457. The predicted molar refractivity (Wildman–Crippen MR) is 67.7 cm³/mol. The van der Waals surface area contributed by atoms with Crippen molar-refractivity contribution in [2.24, 2.45) is 0 Å². The van der Waals surface area contributed by atoms with Crippen molar-refractivity contribution in [2.75, 3.05) is 18.6 Å². The second kappa shape index (κ2) is 6.81. The van der Waals surface area contributed by atoms with Gasteiger partial charge in [-0.25, -0.2) is 8.42 Å². The molecule has 0 spiro atoms. The first kappa shape index (κ1) is 15.1. The molecule has 7 nitrogen and oxygen atoms in total. The lowest BCUT2D eigenvalue weighted by atomic mass is 10.3. The van der Waals surface area contributed by atoms with Gasteiger partial charge in [-0.2, -0.15) is 0 Å². The average Bonchev–Trinajstić information content (AvgIpc) is 2.69. The summed E-state index contributed by atoms with van der Waals surface area (Å²) in [5.74, 6) is 0.103. The van der Waals surface area contributed by atoms with E-state index in [0.29, 0.717) is 19.5 Å². The van der Waals surface area contributed by atoms with Crippen LogP contribution in [0.3, 0.4) is 0 Å². The molecular weight excluding hydrogens is 256 g/mol. The highest BCUT2D eigenvalue weighted by molar-refractivity contribution is 7.90. The number of hydrogen-bond donors (Lipinski definition) is 2. The number of nitrogens with one attached hydrogen (secondary N) is 1. The normalized spacial score (nSPS) is 13.7. The molecule has 0 bridgehead atoms. The molecule has 1 atom stereocenters. The van der Waals surface area contributed by atoms with Crippen LogP contribution in [-0.2, 0) is 22.9 Å². The fourth-order valence-electron chi connectivity index (χ4n) is 1.55. The van der Waals surface area contributed by atoms with Crippen molar-refractivity contribution in [3.63, 3.8) is 0 Å². The van der Waals surface area contributed by atoms with E-state index in [1.54, 1.807) is 10.9 Å². The zero-order valence-corrected chi connectivity index (χ0v) is 11.5. The molecule has 0 fully saturated rings. The van der Waals surface area contributed by atoms with Crippen LogP contribution in [0.25, 0.3) is 0 Å². The van der Waals surface area contributed by atoms with Crippen LogP contribution in [0, 0.1) is 0 Å². The van der Waals surface area contributed by atoms with E-state index < -0.39 is 9.84 Å². The highest BCUT2D eigenvalue weighted by Crippen LogP contribution is 1.97. The maximum atomic E-state index is 11.1. The Morgan fingerprint density at radius 2 is 2.28 bits per heavy atom. The van der Waals surface area contributed by atoms with Gasteiger partial charge in [0, 0.05) is 38.2 Å². The maximum Gasteiger partial charge on any atom is 0.148 e. The number of aryl methyl sites for hydroxylation is 1. The summed E-state index contributed by atoms with van der Waals surface area (Å²) in [6, 6.07) is -0.123. The van der Waals surface area contributed by atoms with Crippen LogP contribution in [-0.4, -0.2) is 53.2 Å². The molecule has 0 amide bonds. The van der Waals surface area contributed by atoms with Crippen molar-refractivity contribution in [3.05, 3.63) is 11.9 Å². The second-order valence-electron chi connectivity index (χ2n) is 4.42. The van der Waals surface area contributed by atoms with E-state index >= 15 is 0 Å². The summed E-state index contributed by atoms with van der Waals surface area (Å²) < 4.78 is 23.8. The first-order valence-electron chi connectivity index (χ1n) is 5.81. The Kier molecular flexibility index (Phi) is 5.70. The van der Waals surface area contributed by atoms with Gasteiger partial charge in [0.15, 0.2) is 0 Å². The Morgan fingerprint density at radius 3 is 2.89 bits per heavy atom. The van der Waals surface area contributed by atoms with Gasteiger partial charge in [-0.05, 0) is 13.3 Å². The zero-order chi connectivity index (χ0) is 13.6. The molecule has 0 aromatic carbocycles. The summed E-state index contributed by atoms with van der Waals surface area (Å²) in [6.45, 7) is 3.05. The minimum Gasteiger partial charge on any atom is -0.396 e. The van der Waals surface area contributed by atoms with Crippen LogP contribution in [0.15, 0.2) is 6.20 Å². The summed E-state index contributed by atoms with van der Waals surface area (Å²) in [7, 11) is -2.97. The van der Waals surface area contributed by atoms with Crippen LogP contribution in [0.4, 0.5) is 0 Å². The molecule has 1 aromatic heterocycles. The van der Waals surface area contributed by atoms with Crippen molar-refractivity contribution >= 4 is 9.84 Å². The molecule has 1 unspecified atom stereocenters. The molecule has 104 valence electrons. The number of nitrogens with zero attached hydrogens (tertiary/aromatic N) is 3. The van der Waals surface area contributed by atoms with Crippen LogP contribution in [0.2, 0.25) is 0 Å². The number of sulfone groups is 1. The van der Waals surface area contributed by atoms with Crippen molar-refractivity contribution in [1.82, 2.24) is 20.3 Å². The number of aromatic nitrogens is 3. The summed E-state index contributed by atoms with van der Waals surface area (Å²) in [5, 5.41) is 19.6. The van der Waals surface area contributed by atoms with E-state index in [9.17, 15) is 8.42 Å². The van der Waals surface area contributed by atoms with Crippen LogP contribution >= 0.6 is 0 Å². The van der Waals surface area contributed by atoms with Gasteiger partial charge < -0.3 is 10.4 Å². The quantitative estimate of drug-likeness (QED) is 0.644. The Morgan fingerprint density at radius 1 is 1.56 bits per heavy atom. The smallest absolute Gasteiger partial charge is 0.148 e. The van der Waals surface area contributed by atoms with E-state index in [1.165, 1.54) is 6.26 Å². The first-order valence-corrected chi connectivity index (χ1v) is 7.88. The summed E-state index contributed by atoms with van der Waals surface area (Å²) in [5.41, 5.74) is 0.758. The molecule has 0 aliphatic rings. The van der Waals surface area contributed by atoms with Gasteiger partial charge in [0.2, 0.25) is 0 Å². The summed E-state index contributed by atoms with van der Waals surface area (Å²) in [4.78, 5) is 0. The van der Waals surface area contributed by atoms with Crippen LogP contribution in [0.1, 0.15) is 19.0 Å². The number of aliphatic hydroxyl groups excluding tert-OH is 1. The van der Waals surface area contributed by atoms with Gasteiger partial charge >= 0.3 is 0 Å². The van der Waals surface area contributed by atoms with Crippen molar-refractivity contribution in [3.8, 4) is 0 Å². The third-order valence-corrected chi connectivity index (χ3v) is 3.42. The topological polar surface area (TPSA) is 97.1 Å². The largest absolute Gasteiger partial charge is 0.396 e. The molecule has 0 aliphatic carbocycles. The number of aliphatic hydroxyl groups is 1. The monoisotopic (exact) mass is 276 g/mol. The van der Waals surface area contributed by atoms with Gasteiger partial charge in [-0.15, -0.1) is 5.10 Å². The molecule has 1 heterocycles. The van der Waals surface area contributed by atoms with Crippen molar-refractivity contribution in [1.29, 1.82) is 0 Å². The van der Waals surface area contributed by atoms with E-state index in [2.05, 4.69) is 15.6 Å². The lowest BCUT2D eigenvalue weighted by Gasteiger charge is -2.10. The molecule has 2 N–H and O–H groups in total. The summed E-state index contributed by atoms with van der Waals surface area (Å²) in [6.07, 6.45) is 3.65. The van der Waals surface area contributed by atoms with Crippen molar-refractivity contribution < 1.29 is 13.5 Å². The Balaban J connectivity index is 2.37. The summed E-state index contributed by atoms with van der Waals surface area (Å²) >= 11 is 0. The van der Waals surface area contributed by atoms with E-state index in [1.807, 2.05) is 6.92 Å². The van der Waals surface area contributed by atoms with Gasteiger partial charge in [-0.3, -0.25) is 4.68 Å². The molecule has 0 saturated heterocycles. The molecule has 1 rings (SSSR count). The fraction of sp³-hybridized carbons (Fsp3) is 0.800. The molecule has 0 radical (unpaired) electrons. The fourth-order valence-corrected chi connectivity index (χ4v) is 2.58. The van der Waals surface area contributed by atoms with Crippen LogP contribution < -0.4 is 5.32 Å². The average molecular weight is 276 g/mol. The minimum atomic E-state index is -2.97. The minimum absolute atomic E-state index is 0.103. The highest BCUT2D eigenvalue weighted by Gasteiger charge is 2.10. The standard InChI is InChI=1S/C10H20N4O3S/c1-9(8-18(2,16)17)11-6-10-7-14(13-12-10)4-3-5-15/h7,9,11,15H,3-6,8H2,1-2H3. The Hall–Kier alpha value is -0.990. The van der Waals surface area contributed by atoms with Crippen LogP contribution in [0.5, 0.6) is 0 Å². The SMILES string of the molecule is CC(CS(C)(=O)=O)NCc1cn(CCCO)nn1. The Labute approximate surface area is 107 Å². The zero-order valence-electron chi connectivity index (χ0n) is 10.7. The van der Waals surface area contributed by atoms with Crippen molar-refractivity contribution in [2.45, 2.75) is 32.5 Å². The molecule has 0 saturated carbocycles. The van der Waals surface area contributed by atoms with Gasteiger partial charge in [0.25, 0.3) is 0 Å². The molecule has 1 aromatic rings. The lowest BCUT2D eigenvalue weighted by Crippen LogP contribution is -2.32. The molecule has 8 heteroatoms. The van der Waals surface area contributed by atoms with E-state index in [4.69, 9.17) is 5.11 Å². The molecule has 18 heavy (non-hydrogen) atoms. The van der Waals surface area contributed by atoms with Gasteiger partial charge in [-0.1, -0.05) is 5.21 Å². The first-order chi connectivity index (χ1) is 8.40. The second-order valence-corrected chi connectivity index (χ2v) is 6.61. The third-order valence-electron chi connectivity index (χ3n) is 2.32. The highest BCUT2D eigenvalue weighted by atomic mass is 32.2. The van der Waals surface area contributed by atoms with Gasteiger partial charge in [0.05, 0.1) is 11.4 Å². The number of rotatable bonds is 8.